The largest absolute Gasteiger partial charge is 0.497 e. The Hall–Kier alpha value is -1.10. The summed E-state index contributed by atoms with van der Waals surface area (Å²) in [7, 11) is 0. The van der Waals surface area contributed by atoms with E-state index < -0.39 is 0 Å². The highest BCUT2D eigenvalue weighted by molar-refractivity contribution is 6.31. The zero-order valence-electron chi connectivity index (χ0n) is 9.96. The van der Waals surface area contributed by atoms with Gasteiger partial charge in [0.05, 0.1) is 12.6 Å². The molecule has 1 unspecified atom stereocenters. The summed E-state index contributed by atoms with van der Waals surface area (Å²) >= 11 is 6.00. The minimum Gasteiger partial charge on any atom is -0.497 e. The van der Waals surface area contributed by atoms with Gasteiger partial charge in [0.2, 0.25) is 0 Å². The molecular weight excluding hydrogens is 255 g/mol. The van der Waals surface area contributed by atoms with Gasteiger partial charge < -0.3 is 4.74 Å². The summed E-state index contributed by atoms with van der Waals surface area (Å²) in [5, 5.41) is 0.409. The van der Waals surface area contributed by atoms with Gasteiger partial charge in [-0.1, -0.05) is 17.7 Å². The number of rotatable bonds is 4. The van der Waals surface area contributed by atoms with Gasteiger partial charge in [-0.3, -0.25) is 5.84 Å². The number of nitrogens with one attached hydrogen (secondary N) is 1. The van der Waals surface area contributed by atoms with Crippen molar-refractivity contribution in [2.24, 2.45) is 5.84 Å². The lowest BCUT2D eigenvalue weighted by Gasteiger charge is -2.23. The van der Waals surface area contributed by atoms with Gasteiger partial charge in [0, 0.05) is 5.02 Å². The van der Waals surface area contributed by atoms with E-state index in [0.29, 0.717) is 18.1 Å². The molecule has 0 bridgehead atoms. The second-order valence-corrected chi connectivity index (χ2v) is 4.66. The Morgan fingerprint density at radius 3 is 2.94 bits per heavy atom. The molecule has 0 saturated heterocycles. The molecule has 0 aromatic heterocycles. The van der Waals surface area contributed by atoms with Crippen molar-refractivity contribution in [2.45, 2.75) is 25.3 Å². The minimum absolute atomic E-state index is 0.131. The van der Waals surface area contributed by atoms with Crippen LogP contribution in [0, 0.1) is 5.82 Å². The molecule has 0 fully saturated rings. The van der Waals surface area contributed by atoms with E-state index in [2.05, 4.69) is 5.43 Å². The Kier molecular flexibility index (Phi) is 4.58. The third-order valence-corrected chi connectivity index (χ3v) is 3.30. The number of halogens is 2. The zero-order valence-corrected chi connectivity index (χ0v) is 10.7. The van der Waals surface area contributed by atoms with Crippen LogP contribution in [-0.4, -0.2) is 12.6 Å². The first kappa shape index (κ1) is 13.3. The summed E-state index contributed by atoms with van der Waals surface area (Å²) in [5.41, 5.74) is 3.56. The molecule has 1 aliphatic heterocycles. The average molecular weight is 271 g/mol. The van der Waals surface area contributed by atoms with Crippen LogP contribution >= 0.6 is 11.6 Å². The summed E-state index contributed by atoms with van der Waals surface area (Å²) in [4.78, 5) is 0. The average Bonchev–Trinajstić information content (AvgIpc) is 2.39. The van der Waals surface area contributed by atoms with E-state index in [1.54, 1.807) is 6.07 Å². The number of nitrogens with two attached hydrogens (primary N) is 1. The molecule has 1 atom stereocenters. The first-order valence-electron chi connectivity index (χ1n) is 5.93. The van der Waals surface area contributed by atoms with Crippen molar-refractivity contribution in [3.8, 4) is 0 Å². The van der Waals surface area contributed by atoms with E-state index in [0.717, 1.165) is 24.2 Å². The fourth-order valence-corrected chi connectivity index (χ4v) is 2.21. The molecule has 1 aliphatic rings. The Morgan fingerprint density at radius 1 is 1.50 bits per heavy atom. The molecule has 2 rings (SSSR count). The van der Waals surface area contributed by atoms with Crippen LogP contribution in [0.15, 0.2) is 30.0 Å². The van der Waals surface area contributed by atoms with Gasteiger partial charge in [0.15, 0.2) is 0 Å². The van der Waals surface area contributed by atoms with Crippen molar-refractivity contribution >= 4 is 11.6 Å². The van der Waals surface area contributed by atoms with Crippen LogP contribution < -0.4 is 11.3 Å². The topological polar surface area (TPSA) is 47.3 Å². The zero-order chi connectivity index (χ0) is 13.0. The van der Waals surface area contributed by atoms with Gasteiger partial charge in [-0.25, -0.2) is 9.82 Å². The standard InChI is InChI=1S/C13H16ClFN2O/c14-11-8-10(15)5-4-9(11)7-12(17-16)13-3-1-2-6-18-13/h3-5,8,12,17H,1-2,6-7,16H2. The smallest absolute Gasteiger partial charge is 0.124 e. The Balaban J connectivity index is 2.12. The van der Waals surface area contributed by atoms with E-state index in [1.165, 1.54) is 12.1 Å². The molecule has 1 heterocycles. The van der Waals surface area contributed by atoms with Crippen molar-refractivity contribution in [3.05, 3.63) is 46.4 Å². The van der Waals surface area contributed by atoms with Crippen LogP contribution in [0.2, 0.25) is 5.02 Å². The third kappa shape index (κ3) is 3.22. The summed E-state index contributed by atoms with van der Waals surface area (Å²) in [6, 6.07) is 4.24. The first-order valence-corrected chi connectivity index (χ1v) is 6.31. The predicted molar refractivity (Wildman–Crippen MR) is 69.5 cm³/mol. The van der Waals surface area contributed by atoms with E-state index in [1.807, 2.05) is 6.08 Å². The van der Waals surface area contributed by atoms with Crippen LogP contribution in [0.25, 0.3) is 0 Å². The van der Waals surface area contributed by atoms with Gasteiger partial charge >= 0.3 is 0 Å². The summed E-state index contributed by atoms with van der Waals surface area (Å²) < 4.78 is 18.5. The van der Waals surface area contributed by atoms with Crippen molar-refractivity contribution in [3.63, 3.8) is 0 Å². The number of allylic oxidation sites excluding steroid dienone is 1. The second-order valence-electron chi connectivity index (χ2n) is 4.26. The van der Waals surface area contributed by atoms with Gasteiger partial charge in [0.1, 0.15) is 11.6 Å². The summed E-state index contributed by atoms with van der Waals surface area (Å²) in [5.74, 6) is 6.04. The minimum atomic E-state index is -0.339. The maximum atomic E-state index is 13.0. The van der Waals surface area contributed by atoms with Crippen molar-refractivity contribution in [1.82, 2.24) is 5.43 Å². The lowest BCUT2D eigenvalue weighted by Crippen LogP contribution is -2.39. The maximum absolute atomic E-state index is 13.0. The van der Waals surface area contributed by atoms with Crippen molar-refractivity contribution in [1.29, 1.82) is 0 Å². The lowest BCUT2D eigenvalue weighted by atomic mass is 10.0. The molecule has 3 N–H and O–H groups in total. The number of benzene rings is 1. The molecule has 3 nitrogen and oxygen atoms in total. The summed E-state index contributed by atoms with van der Waals surface area (Å²) in [6.07, 6.45) is 4.62. The van der Waals surface area contributed by atoms with E-state index in [4.69, 9.17) is 22.2 Å². The summed E-state index contributed by atoms with van der Waals surface area (Å²) in [6.45, 7) is 0.709. The molecule has 18 heavy (non-hydrogen) atoms. The molecule has 0 aliphatic carbocycles. The van der Waals surface area contributed by atoms with Crippen LogP contribution in [0.4, 0.5) is 4.39 Å². The molecular formula is C13H16ClFN2O. The van der Waals surface area contributed by atoms with Gasteiger partial charge in [-0.05, 0) is 43.0 Å². The highest BCUT2D eigenvalue weighted by Gasteiger charge is 2.18. The predicted octanol–water partition coefficient (Wildman–Crippen LogP) is 2.55. The number of ether oxygens (including phenoxy) is 1. The lowest BCUT2D eigenvalue weighted by molar-refractivity contribution is 0.167. The fraction of sp³-hybridized carbons (Fsp3) is 0.385. The monoisotopic (exact) mass is 270 g/mol. The first-order chi connectivity index (χ1) is 8.70. The molecule has 1 aromatic rings. The van der Waals surface area contributed by atoms with E-state index in [-0.39, 0.29) is 11.9 Å². The van der Waals surface area contributed by atoms with Gasteiger partial charge in [0.25, 0.3) is 0 Å². The maximum Gasteiger partial charge on any atom is 0.124 e. The SMILES string of the molecule is NNC(Cc1ccc(F)cc1Cl)C1=CCCCO1. The van der Waals surface area contributed by atoms with E-state index >= 15 is 0 Å². The highest BCUT2D eigenvalue weighted by atomic mass is 35.5. The quantitative estimate of drug-likeness (QED) is 0.653. The van der Waals surface area contributed by atoms with Gasteiger partial charge in [-0.2, -0.15) is 0 Å². The van der Waals surface area contributed by atoms with Gasteiger partial charge in [-0.15, -0.1) is 0 Å². The van der Waals surface area contributed by atoms with Crippen LogP contribution in [0.1, 0.15) is 18.4 Å². The van der Waals surface area contributed by atoms with Crippen LogP contribution in [0.3, 0.4) is 0 Å². The molecule has 0 saturated carbocycles. The highest BCUT2D eigenvalue weighted by Crippen LogP contribution is 2.22. The Morgan fingerprint density at radius 2 is 2.33 bits per heavy atom. The van der Waals surface area contributed by atoms with Crippen LogP contribution in [-0.2, 0) is 11.2 Å². The number of hydrazine groups is 1. The van der Waals surface area contributed by atoms with Crippen molar-refractivity contribution < 1.29 is 9.13 Å². The Bertz CT molecular complexity index is 451. The fourth-order valence-electron chi connectivity index (χ4n) is 1.97. The Labute approximate surface area is 111 Å². The molecule has 0 radical (unpaired) electrons. The third-order valence-electron chi connectivity index (χ3n) is 2.95. The molecule has 1 aromatic carbocycles. The number of hydrogen-bond donors (Lipinski definition) is 2. The molecule has 0 amide bonds. The molecule has 5 heteroatoms. The van der Waals surface area contributed by atoms with Crippen molar-refractivity contribution in [2.75, 3.05) is 6.61 Å². The van der Waals surface area contributed by atoms with E-state index in [9.17, 15) is 4.39 Å². The molecule has 98 valence electrons. The molecule has 0 spiro atoms. The number of hydrogen-bond acceptors (Lipinski definition) is 3. The van der Waals surface area contributed by atoms with Crippen LogP contribution in [0.5, 0.6) is 0 Å². The second kappa shape index (κ2) is 6.18. The normalized spacial score (nSPS) is 16.9.